The van der Waals surface area contributed by atoms with Crippen LogP contribution in [0.3, 0.4) is 0 Å². The number of aromatic nitrogens is 1. The van der Waals surface area contributed by atoms with Crippen LogP contribution in [0.25, 0.3) is 10.9 Å². The number of fused-ring (bicyclic) bond motifs is 1. The van der Waals surface area contributed by atoms with Gasteiger partial charge in [-0.3, -0.25) is 15.1 Å². The van der Waals surface area contributed by atoms with Gasteiger partial charge in [0.1, 0.15) is 0 Å². The zero-order chi connectivity index (χ0) is 16.8. The van der Waals surface area contributed by atoms with Gasteiger partial charge in [-0.1, -0.05) is 0 Å². The third-order valence-corrected chi connectivity index (χ3v) is 3.42. The van der Waals surface area contributed by atoms with Crippen LogP contribution in [0.15, 0.2) is 24.4 Å². The largest absolute Gasteiger partial charge is 0.379 e. The Morgan fingerprint density at radius 2 is 2.00 bits per heavy atom. The van der Waals surface area contributed by atoms with Crippen LogP contribution in [0.1, 0.15) is 19.4 Å². The van der Waals surface area contributed by atoms with Gasteiger partial charge in [0, 0.05) is 42.1 Å². The molecule has 0 unspecified atom stereocenters. The van der Waals surface area contributed by atoms with Crippen molar-refractivity contribution in [3.8, 4) is 0 Å². The zero-order valence-corrected chi connectivity index (χ0v) is 13.5. The first-order valence-corrected chi connectivity index (χ1v) is 7.57. The Morgan fingerprint density at radius 1 is 1.30 bits per heavy atom. The molecule has 1 N–H and O–H groups in total. The molecule has 0 saturated heterocycles. The highest BCUT2D eigenvalue weighted by molar-refractivity contribution is 5.93. The maximum atomic E-state index is 11.1. The van der Waals surface area contributed by atoms with Gasteiger partial charge in [-0.05, 0) is 32.9 Å². The highest BCUT2D eigenvalue weighted by Gasteiger charge is 2.15. The molecular formula is C16H21N3O4. The van der Waals surface area contributed by atoms with Crippen molar-refractivity contribution in [2.45, 2.75) is 27.1 Å². The lowest BCUT2D eigenvalue weighted by atomic mass is 10.1. The number of rotatable bonds is 8. The number of benzene rings is 1. The molecule has 0 amide bonds. The van der Waals surface area contributed by atoms with E-state index < -0.39 is 0 Å². The summed E-state index contributed by atoms with van der Waals surface area (Å²) in [6.45, 7) is 7.06. The van der Waals surface area contributed by atoms with Crippen molar-refractivity contribution in [1.29, 1.82) is 0 Å². The van der Waals surface area contributed by atoms with Crippen LogP contribution in [0.5, 0.6) is 0 Å². The van der Waals surface area contributed by atoms with Gasteiger partial charge in [-0.25, -0.2) is 0 Å². The highest BCUT2D eigenvalue weighted by atomic mass is 16.7. The Bertz CT molecular complexity index is 684. The van der Waals surface area contributed by atoms with Crippen LogP contribution in [-0.4, -0.2) is 36.0 Å². The standard InChI is InChI=1S/C16H21N3O4/c1-4-22-16(23-5-2)10-18-13-6-7-17-14-8-11(3)15(19(20)21)9-12(13)14/h6-9,16H,4-5,10H2,1-3H3,(H,17,18). The van der Waals surface area contributed by atoms with Crippen molar-refractivity contribution in [2.24, 2.45) is 0 Å². The molecule has 0 aliphatic carbocycles. The number of anilines is 1. The summed E-state index contributed by atoms with van der Waals surface area (Å²) in [4.78, 5) is 15.0. The first-order valence-electron chi connectivity index (χ1n) is 7.57. The maximum absolute atomic E-state index is 11.1. The Kier molecular flexibility index (Phi) is 5.84. The van der Waals surface area contributed by atoms with Crippen molar-refractivity contribution in [3.05, 3.63) is 40.1 Å². The van der Waals surface area contributed by atoms with E-state index in [-0.39, 0.29) is 16.9 Å². The van der Waals surface area contributed by atoms with E-state index in [0.717, 1.165) is 5.69 Å². The van der Waals surface area contributed by atoms with Gasteiger partial charge in [0.2, 0.25) is 0 Å². The number of nitro benzene ring substituents is 1. The SMILES string of the molecule is CCOC(CNc1ccnc2cc(C)c([N+](=O)[O-])cc12)OCC. The first-order chi connectivity index (χ1) is 11.1. The summed E-state index contributed by atoms with van der Waals surface area (Å²) in [5, 5.41) is 15.1. The van der Waals surface area contributed by atoms with Gasteiger partial charge >= 0.3 is 0 Å². The molecule has 0 bridgehead atoms. The van der Waals surface area contributed by atoms with Crippen molar-refractivity contribution < 1.29 is 14.4 Å². The lowest BCUT2D eigenvalue weighted by molar-refractivity contribution is -0.385. The van der Waals surface area contributed by atoms with Crippen molar-refractivity contribution >= 4 is 22.3 Å². The van der Waals surface area contributed by atoms with Crippen molar-refractivity contribution in [3.63, 3.8) is 0 Å². The van der Waals surface area contributed by atoms with E-state index in [1.54, 1.807) is 31.3 Å². The van der Waals surface area contributed by atoms with Crippen LogP contribution in [0.2, 0.25) is 0 Å². The second-order valence-corrected chi connectivity index (χ2v) is 4.99. The number of nitrogens with zero attached hydrogens (tertiary/aromatic N) is 2. The summed E-state index contributed by atoms with van der Waals surface area (Å²) >= 11 is 0. The predicted octanol–water partition coefficient (Wildman–Crippen LogP) is 3.26. The molecule has 1 aromatic heterocycles. The second kappa shape index (κ2) is 7.85. The molecule has 0 aliphatic heterocycles. The fourth-order valence-corrected chi connectivity index (χ4v) is 2.37. The third-order valence-electron chi connectivity index (χ3n) is 3.42. The zero-order valence-electron chi connectivity index (χ0n) is 13.5. The number of hydrogen-bond donors (Lipinski definition) is 1. The van der Waals surface area contributed by atoms with Gasteiger partial charge in [-0.15, -0.1) is 0 Å². The molecule has 0 fully saturated rings. The summed E-state index contributed by atoms with van der Waals surface area (Å²) in [7, 11) is 0. The van der Waals surface area contributed by atoms with Crippen LogP contribution >= 0.6 is 0 Å². The Labute approximate surface area is 134 Å². The van der Waals surface area contributed by atoms with Crippen LogP contribution < -0.4 is 5.32 Å². The minimum absolute atomic E-state index is 0.0831. The van der Waals surface area contributed by atoms with Gasteiger partial charge in [0.05, 0.1) is 17.0 Å². The molecule has 0 saturated carbocycles. The Morgan fingerprint density at radius 3 is 2.61 bits per heavy atom. The molecule has 2 rings (SSSR count). The summed E-state index contributed by atoms with van der Waals surface area (Å²) in [5.74, 6) is 0. The van der Waals surface area contributed by atoms with Crippen molar-refractivity contribution in [1.82, 2.24) is 4.98 Å². The molecule has 0 atom stereocenters. The van der Waals surface area contributed by atoms with Gasteiger partial charge in [-0.2, -0.15) is 0 Å². The van der Waals surface area contributed by atoms with E-state index in [2.05, 4.69) is 10.3 Å². The number of pyridine rings is 1. The summed E-state index contributed by atoms with van der Waals surface area (Å²) in [6.07, 6.45) is 1.31. The smallest absolute Gasteiger partial charge is 0.273 e. The quantitative estimate of drug-likeness (QED) is 0.456. The summed E-state index contributed by atoms with van der Waals surface area (Å²) in [6, 6.07) is 5.06. The van der Waals surface area contributed by atoms with Gasteiger partial charge in [0.15, 0.2) is 6.29 Å². The molecule has 23 heavy (non-hydrogen) atoms. The third kappa shape index (κ3) is 4.14. The maximum Gasteiger partial charge on any atom is 0.273 e. The number of aryl methyl sites for hydroxylation is 1. The minimum Gasteiger partial charge on any atom is -0.379 e. The van der Waals surface area contributed by atoms with E-state index in [1.165, 1.54) is 0 Å². The fraction of sp³-hybridized carbons (Fsp3) is 0.438. The molecule has 0 aliphatic rings. The van der Waals surface area contributed by atoms with E-state index in [1.807, 2.05) is 13.8 Å². The average molecular weight is 319 g/mol. The molecule has 2 aromatic rings. The molecule has 1 heterocycles. The number of ether oxygens (including phenoxy) is 2. The molecule has 0 spiro atoms. The lowest BCUT2D eigenvalue weighted by Crippen LogP contribution is -2.26. The second-order valence-electron chi connectivity index (χ2n) is 4.99. The van der Waals surface area contributed by atoms with Gasteiger partial charge < -0.3 is 14.8 Å². The molecular weight excluding hydrogens is 298 g/mol. The molecule has 0 radical (unpaired) electrons. The van der Waals surface area contributed by atoms with Crippen molar-refractivity contribution in [2.75, 3.05) is 25.1 Å². The summed E-state index contributed by atoms with van der Waals surface area (Å²) < 4.78 is 11.0. The number of nitrogens with one attached hydrogen (secondary N) is 1. The molecule has 1 aromatic carbocycles. The van der Waals surface area contributed by atoms with Crippen LogP contribution in [0.4, 0.5) is 11.4 Å². The Balaban J connectivity index is 2.29. The molecule has 7 heteroatoms. The van der Waals surface area contributed by atoms with Crippen LogP contribution in [0, 0.1) is 17.0 Å². The van der Waals surface area contributed by atoms with E-state index in [9.17, 15) is 10.1 Å². The molecule has 124 valence electrons. The normalized spacial score (nSPS) is 11.1. The molecule has 7 nitrogen and oxygen atoms in total. The van der Waals surface area contributed by atoms with Crippen LogP contribution in [-0.2, 0) is 9.47 Å². The van der Waals surface area contributed by atoms with E-state index in [4.69, 9.17) is 9.47 Å². The predicted molar refractivity (Wildman–Crippen MR) is 88.7 cm³/mol. The monoisotopic (exact) mass is 319 g/mol. The number of hydrogen-bond acceptors (Lipinski definition) is 6. The number of nitro groups is 1. The van der Waals surface area contributed by atoms with E-state index >= 15 is 0 Å². The van der Waals surface area contributed by atoms with E-state index in [0.29, 0.717) is 36.2 Å². The fourth-order valence-electron chi connectivity index (χ4n) is 2.37. The van der Waals surface area contributed by atoms with Gasteiger partial charge in [0.25, 0.3) is 5.69 Å². The Hall–Kier alpha value is -2.25. The topological polar surface area (TPSA) is 86.5 Å². The highest BCUT2D eigenvalue weighted by Crippen LogP contribution is 2.29. The average Bonchev–Trinajstić information content (AvgIpc) is 2.52. The minimum atomic E-state index is -0.380. The first kappa shape index (κ1) is 17.1. The lowest BCUT2D eigenvalue weighted by Gasteiger charge is -2.18. The summed E-state index contributed by atoms with van der Waals surface area (Å²) in [5.41, 5.74) is 2.15.